The molecule has 0 radical (unpaired) electrons. The topological polar surface area (TPSA) is 70.0 Å². The molecule has 4 aliphatic rings. The van der Waals surface area contributed by atoms with Crippen molar-refractivity contribution in [3.05, 3.63) is 41.5 Å². The van der Waals surface area contributed by atoms with Crippen molar-refractivity contribution >= 4 is 21.8 Å². The van der Waals surface area contributed by atoms with Crippen molar-refractivity contribution in [1.82, 2.24) is 4.31 Å². The normalized spacial score (nSPS) is 33.6. The smallest absolute Gasteiger partial charge is 0.215 e. The van der Waals surface area contributed by atoms with Crippen molar-refractivity contribution in [2.45, 2.75) is 51.4 Å². The number of hydrogen-bond acceptors (Lipinski definition) is 4. The average molecular weight is 415 g/mol. The SMILES string of the molecule is CC1(C)C2CCC1(CS(=O)(=O)N1CCC3(C=Cc4ccccc43)CC1)/C(=N/O)C2. The first-order valence-corrected chi connectivity index (χ1v) is 12.3. The van der Waals surface area contributed by atoms with Gasteiger partial charge < -0.3 is 5.21 Å². The van der Waals surface area contributed by atoms with Gasteiger partial charge in [0, 0.05) is 23.9 Å². The molecule has 1 aliphatic heterocycles. The number of sulfonamides is 1. The molecule has 1 saturated heterocycles. The van der Waals surface area contributed by atoms with E-state index in [0.717, 1.165) is 32.1 Å². The maximum Gasteiger partial charge on any atom is 0.215 e. The Morgan fingerprint density at radius 3 is 2.59 bits per heavy atom. The fraction of sp³-hybridized carbons (Fsp3) is 0.609. The van der Waals surface area contributed by atoms with Gasteiger partial charge in [-0.3, -0.25) is 0 Å². The number of nitrogens with zero attached hydrogens (tertiary/aromatic N) is 2. The molecule has 3 fully saturated rings. The molecular weight excluding hydrogens is 384 g/mol. The monoisotopic (exact) mass is 414 g/mol. The van der Waals surface area contributed by atoms with Crippen LogP contribution in [0.4, 0.5) is 0 Å². The van der Waals surface area contributed by atoms with Crippen LogP contribution in [0.2, 0.25) is 0 Å². The second-order valence-corrected chi connectivity index (χ2v) is 12.0. The van der Waals surface area contributed by atoms with Gasteiger partial charge in [-0.2, -0.15) is 0 Å². The average Bonchev–Trinajstić information content (AvgIpc) is 3.24. The predicted molar refractivity (Wildman–Crippen MR) is 115 cm³/mol. The third-order valence-corrected chi connectivity index (χ3v) is 10.8. The van der Waals surface area contributed by atoms with E-state index in [9.17, 15) is 13.6 Å². The van der Waals surface area contributed by atoms with Crippen LogP contribution in [0.25, 0.3) is 6.08 Å². The molecule has 6 heteroatoms. The minimum atomic E-state index is -3.43. The van der Waals surface area contributed by atoms with Crippen molar-refractivity contribution < 1.29 is 13.6 Å². The lowest BCUT2D eigenvalue weighted by Gasteiger charge is -2.42. The van der Waals surface area contributed by atoms with E-state index in [1.165, 1.54) is 11.1 Å². The van der Waals surface area contributed by atoms with Crippen LogP contribution in [0, 0.1) is 16.7 Å². The van der Waals surface area contributed by atoms with Crippen molar-refractivity contribution in [1.29, 1.82) is 0 Å². The highest BCUT2D eigenvalue weighted by molar-refractivity contribution is 7.89. The molecule has 1 heterocycles. The van der Waals surface area contributed by atoms with Crippen molar-refractivity contribution in [2.75, 3.05) is 18.8 Å². The van der Waals surface area contributed by atoms with Gasteiger partial charge in [0.1, 0.15) is 0 Å². The lowest BCUT2D eigenvalue weighted by atomic mass is 9.70. The van der Waals surface area contributed by atoms with Gasteiger partial charge in [0.25, 0.3) is 0 Å². The van der Waals surface area contributed by atoms with Gasteiger partial charge in [-0.1, -0.05) is 55.4 Å². The van der Waals surface area contributed by atoms with Crippen LogP contribution in [-0.2, 0) is 15.4 Å². The zero-order chi connectivity index (χ0) is 20.5. The maximum atomic E-state index is 13.5. The number of hydrogen-bond donors (Lipinski definition) is 1. The second kappa shape index (κ2) is 6.17. The molecule has 2 unspecified atom stereocenters. The maximum absolute atomic E-state index is 13.5. The van der Waals surface area contributed by atoms with E-state index in [4.69, 9.17) is 0 Å². The van der Waals surface area contributed by atoms with Crippen LogP contribution in [0.15, 0.2) is 35.5 Å². The van der Waals surface area contributed by atoms with Crippen LogP contribution < -0.4 is 0 Å². The fourth-order valence-corrected chi connectivity index (χ4v) is 8.94. The van der Waals surface area contributed by atoms with Crippen molar-refractivity contribution in [2.24, 2.45) is 21.9 Å². The number of piperidine rings is 1. The summed E-state index contributed by atoms with van der Waals surface area (Å²) in [6, 6.07) is 8.45. The number of benzene rings is 1. The van der Waals surface area contributed by atoms with E-state index in [1.54, 1.807) is 4.31 Å². The van der Waals surface area contributed by atoms with Gasteiger partial charge in [-0.25, -0.2) is 12.7 Å². The number of oxime groups is 1. The highest BCUT2D eigenvalue weighted by Gasteiger charge is 2.64. The quantitative estimate of drug-likeness (QED) is 0.600. The third kappa shape index (κ3) is 2.54. The van der Waals surface area contributed by atoms with Crippen LogP contribution >= 0.6 is 0 Å². The molecule has 1 N–H and O–H groups in total. The molecule has 3 aliphatic carbocycles. The summed E-state index contributed by atoms with van der Waals surface area (Å²) in [4.78, 5) is 0. The first-order valence-electron chi connectivity index (χ1n) is 10.7. The van der Waals surface area contributed by atoms with Crippen LogP contribution in [0.1, 0.15) is 57.1 Å². The molecule has 1 aromatic carbocycles. The summed E-state index contributed by atoms with van der Waals surface area (Å²) in [6.07, 6.45) is 8.65. The Bertz CT molecular complexity index is 1000. The molecule has 5 rings (SSSR count). The molecule has 5 nitrogen and oxygen atoms in total. The van der Waals surface area contributed by atoms with Gasteiger partial charge >= 0.3 is 0 Å². The molecule has 2 atom stereocenters. The molecule has 1 aromatic rings. The van der Waals surface area contributed by atoms with Crippen molar-refractivity contribution in [3.8, 4) is 0 Å². The summed E-state index contributed by atoms with van der Waals surface area (Å²) in [5.74, 6) is 0.482. The lowest BCUT2D eigenvalue weighted by Crippen LogP contribution is -2.50. The first-order chi connectivity index (χ1) is 13.7. The third-order valence-electron chi connectivity index (χ3n) is 8.80. The molecule has 2 saturated carbocycles. The van der Waals surface area contributed by atoms with E-state index in [2.05, 4.69) is 55.4 Å². The summed E-state index contributed by atoms with van der Waals surface area (Å²) in [7, 11) is -3.43. The van der Waals surface area contributed by atoms with E-state index in [0.29, 0.717) is 24.7 Å². The standard InChI is InChI=1S/C23H30N2O3S/c1-21(2)18-8-10-23(21,20(15-18)24-26)16-29(27,28)25-13-11-22(12-14-25)9-7-17-5-3-4-6-19(17)22/h3-7,9,18,26H,8,10-16H2,1-2H3/b24-20+. The van der Waals surface area contributed by atoms with E-state index >= 15 is 0 Å². The van der Waals surface area contributed by atoms with Gasteiger partial charge in [0.15, 0.2) is 0 Å². The zero-order valence-electron chi connectivity index (χ0n) is 17.3. The highest BCUT2D eigenvalue weighted by Crippen LogP contribution is 2.64. The van der Waals surface area contributed by atoms with Crippen LogP contribution in [0.3, 0.4) is 0 Å². The Kier molecular flexibility index (Phi) is 4.11. The number of allylic oxidation sites excluding steroid dienone is 1. The van der Waals surface area contributed by atoms with E-state index < -0.39 is 15.4 Å². The summed E-state index contributed by atoms with van der Waals surface area (Å²) < 4.78 is 28.7. The molecule has 156 valence electrons. The number of fused-ring (bicyclic) bond motifs is 4. The Labute approximate surface area is 173 Å². The fourth-order valence-electron chi connectivity index (χ4n) is 6.71. The lowest BCUT2D eigenvalue weighted by molar-refractivity contribution is 0.188. The van der Waals surface area contributed by atoms with Gasteiger partial charge in [-0.05, 0) is 54.6 Å². The van der Waals surface area contributed by atoms with E-state index in [-0.39, 0.29) is 16.6 Å². The molecule has 0 amide bonds. The largest absolute Gasteiger partial charge is 0.411 e. The highest BCUT2D eigenvalue weighted by atomic mass is 32.2. The summed E-state index contributed by atoms with van der Waals surface area (Å²) >= 11 is 0. The molecule has 29 heavy (non-hydrogen) atoms. The van der Waals surface area contributed by atoms with Gasteiger partial charge in [-0.15, -0.1) is 0 Å². The Hall–Kier alpha value is -1.66. The molecule has 1 spiro atoms. The zero-order valence-corrected chi connectivity index (χ0v) is 18.1. The minimum absolute atomic E-state index is 0.0241. The first kappa shape index (κ1) is 19.3. The summed E-state index contributed by atoms with van der Waals surface area (Å²) in [6.45, 7) is 5.41. The van der Waals surface area contributed by atoms with Crippen molar-refractivity contribution in [3.63, 3.8) is 0 Å². The molecular formula is C23H30N2O3S. The van der Waals surface area contributed by atoms with Gasteiger partial charge in [0.05, 0.1) is 11.5 Å². The van der Waals surface area contributed by atoms with Gasteiger partial charge in [0.2, 0.25) is 10.0 Å². The minimum Gasteiger partial charge on any atom is -0.411 e. The van der Waals surface area contributed by atoms with E-state index in [1.807, 2.05) is 0 Å². The summed E-state index contributed by atoms with van der Waals surface area (Å²) in [5, 5.41) is 13.2. The van der Waals surface area contributed by atoms with Crippen LogP contribution in [-0.4, -0.2) is 42.5 Å². The predicted octanol–water partition coefficient (Wildman–Crippen LogP) is 4.03. The Morgan fingerprint density at radius 2 is 1.90 bits per heavy atom. The summed E-state index contributed by atoms with van der Waals surface area (Å²) in [5.41, 5.74) is 2.59. The molecule has 0 aromatic heterocycles. The molecule has 2 bridgehead atoms. The number of rotatable bonds is 3. The Morgan fingerprint density at radius 1 is 1.17 bits per heavy atom. The second-order valence-electron chi connectivity index (χ2n) is 10.0. The van der Waals surface area contributed by atoms with Crippen LogP contribution in [0.5, 0.6) is 0 Å². The Balaban J connectivity index is 1.37.